The van der Waals surface area contributed by atoms with Crippen LogP contribution in [0, 0.1) is 0 Å². The Morgan fingerprint density at radius 3 is 1.89 bits per heavy atom. The maximum Gasteiger partial charge on any atom is 0.235 e. The van der Waals surface area contributed by atoms with E-state index in [0.717, 1.165) is 61.2 Å². The van der Waals surface area contributed by atoms with Gasteiger partial charge in [-0.05, 0) is 105 Å². The van der Waals surface area contributed by atoms with Crippen molar-refractivity contribution in [1.82, 2.24) is 19.1 Å². The first-order valence-corrected chi connectivity index (χ1v) is 21.4. The lowest BCUT2D eigenvalue weighted by Crippen LogP contribution is -2.06. The number of hydrogen-bond acceptors (Lipinski definition) is 3. The Kier molecular flexibility index (Phi) is 7.05. The Labute approximate surface area is 361 Å². The van der Waals surface area contributed by atoms with Crippen LogP contribution in [0.4, 0.5) is 0 Å². The summed E-state index contributed by atoms with van der Waals surface area (Å²) in [4.78, 5) is 10.6. The van der Waals surface area contributed by atoms with Gasteiger partial charge in [0.2, 0.25) is 5.95 Å². The minimum absolute atomic E-state index is 0.632. The molecule has 0 aliphatic carbocycles. The van der Waals surface area contributed by atoms with Gasteiger partial charge in [-0.2, -0.15) is 0 Å². The van der Waals surface area contributed by atoms with Crippen LogP contribution >= 0.6 is 0 Å². The zero-order valence-electron chi connectivity index (χ0n) is 33.8. The van der Waals surface area contributed by atoms with Gasteiger partial charge in [0, 0.05) is 32.5 Å². The van der Waals surface area contributed by atoms with Crippen LogP contribution in [0.5, 0.6) is 11.5 Å². The Hall–Kier alpha value is -8.54. The number of nitrogens with zero attached hydrogens (tertiary/aromatic N) is 4. The van der Waals surface area contributed by atoms with Gasteiger partial charge in [-0.3, -0.25) is 4.57 Å². The highest BCUT2D eigenvalue weighted by molar-refractivity contribution is 6.22. The topological polar surface area (TPSA) is 44.9 Å². The summed E-state index contributed by atoms with van der Waals surface area (Å²) in [6.07, 6.45) is 0. The molecule has 14 rings (SSSR count). The second-order valence-corrected chi connectivity index (χ2v) is 16.5. The number of para-hydroxylation sites is 2. The van der Waals surface area contributed by atoms with E-state index < -0.39 is 0 Å². The zero-order chi connectivity index (χ0) is 41.2. The van der Waals surface area contributed by atoms with Gasteiger partial charge >= 0.3 is 0 Å². The van der Waals surface area contributed by atoms with Gasteiger partial charge in [0.1, 0.15) is 11.5 Å². The molecule has 10 aromatic carbocycles. The quantitative estimate of drug-likeness (QED) is 0.178. The van der Waals surface area contributed by atoms with Crippen molar-refractivity contribution in [3.63, 3.8) is 0 Å². The molecule has 0 saturated heterocycles. The van der Waals surface area contributed by atoms with Crippen LogP contribution in [0.1, 0.15) is 0 Å². The van der Waals surface area contributed by atoms with Gasteiger partial charge in [-0.15, -0.1) is 0 Å². The third-order valence-electron chi connectivity index (χ3n) is 13.1. The van der Waals surface area contributed by atoms with Crippen molar-refractivity contribution < 1.29 is 4.74 Å². The zero-order valence-corrected chi connectivity index (χ0v) is 33.8. The van der Waals surface area contributed by atoms with Crippen LogP contribution in [-0.4, -0.2) is 19.1 Å². The molecule has 4 heterocycles. The van der Waals surface area contributed by atoms with E-state index in [2.05, 4.69) is 185 Å². The van der Waals surface area contributed by atoms with Crippen molar-refractivity contribution in [2.24, 2.45) is 0 Å². The van der Waals surface area contributed by atoms with E-state index in [-0.39, 0.29) is 0 Å². The minimum atomic E-state index is 0.632. The molecular formula is C58H34N4O. The monoisotopic (exact) mass is 802 g/mol. The predicted octanol–water partition coefficient (Wildman–Crippen LogP) is 15.2. The van der Waals surface area contributed by atoms with E-state index in [1.54, 1.807) is 0 Å². The third kappa shape index (κ3) is 4.93. The van der Waals surface area contributed by atoms with Crippen LogP contribution in [-0.2, 0) is 0 Å². The summed E-state index contributed by atoms with van der Waals surface area (Å²) in [6, 6.07) is 74.0. The van der Waals surface area contributed by atoms with Gasteiger partial charge in [0.25, 0.3) is 0 Å². The smallest absolute Gasteiger partial charge is 0.235 e. The van der Waals surface area contributed by atoms with E-state index in [0.29, 0.717) is 5.95 Å². The average Bonchev–Trinajstić information content (AvgIpc) is 3.86. The fourth-order valence-corrected chi connectivity index (χ4v) is 10.3. The van der Waals surface area contributed by atoms with Gasteiger partial charge < -0.3 is 9.30 Å². The second-order valence-electron chi connectivity index (χ2n) is 16.5. The Bertz CT molecular complexity index is 4070. The molecule has 292 valence electrons. The first-order valence-electron chi connectivity index (χ1n) is 21.4. The van der Waals surface area contributed by atoms with Crippen LogP contribution in [0.3, 0.4) is 0 Å². The maximum atomic E-state index is 6.35. The molecule has 0 radical (unpaired) electrons. The summed E-state index contributed by atoms with van der Waals surface area (Å²) < 4.78 is 11.0. The van der Waals surface area contributed by atoms with E-state index in [9.17, 15) is 0 Å². The van der Waals surface area contributed by atoms with Crippen molar-refractivity contribution in [3.8, 4) is 56.6 Å². The average molecular weight is 803 g/mol. The molecule has 0 N–H and O–H groups in total. The standard InChI is InChI=1S/C58H34N4O/c1-2-13-35(14-3-1)39-28-32-49(42-18-7-6-17-41(39)42)61-48-22-10-8-19-43(48)45-33-37(26-29-50(45)61)38-27-30-51-46(34-38)55-40-16-5-4-15-36(40)25-31-52(55)62(51)58-59-47-21-12-24-54-56(47)57(60-58)44-20-9-11-23-53(44)63-54/h1-34H. The molecule has 5 heteroatoms. The Balaban J connectivity index is 0.983. The predicted molar refractivity (Wildman–Crippen MR) is 260 cm³/mol. The van der Waals surface area contributed by atoms with Crippen LogP contribution in [0.25, 0.3) is 121 Å². The molecule has 13 aromatic rings. The highest BCUT2D eigenvalue weighted by Gasteiger charge is 2.25. The van der Waals surface area contributed by atoms with Crippen LogP contribution in [0.2, 0.25) is 0 Å². The minimum Gasteiger partial charge on any atom is -0.456 e. The summed E-state index contributed by atoms with van der Waals surface area (Å²) in [5.41, 5.74) is 13.1. The van der Waals surface area contributed by atoms with Crippen molar-refractivity contribution in [2.45, 2.75) is 0 Å². The molecular weight excluding hydrogens is 769 g/mol. The van der Waals surface area contributed by atoms with E-state index in [1.165, 1.54) is 65.6 Å². The van der Waals surface area contributed by atoms with Gasteiger partial charge in [0.15, 0.2) is 0 Å². The second kappa shape index (κ2) is 13.0. The number of hydrogen-bond donors (Lipinski definition) is 0. The lowest BCUT2D eigenvalue weighted by Gasteiger charge is -2.21. The van der Waals surface area contributed by atoms with Crippen molar-refractivity contribution in [1.29, 1.82) is 0 Å². The normalized spacial score (nSPS) is 12.3. The number of benzene rings is 10. The molecule has 0 fully saturated rings. The van der Waals surface area contributed by atoms with Crippen molar-refractivity contribution >= 4 is 76.1 Å². The number of aromatic nitrogens is 4. The summed E-state index contributed by atoms with van der Waals surface area (Å²) >= 11 is 0. The van der Waals surface area contributed by atoms with Crippen molar-refractivity contribution in [3.05, 3.63) is 206 Å². The molecule has 0 atom stereocenters. The molecule has 0 unspecified atom stereocenters. The lowest BCUT2D eigenvalue weighted by atomic mass is 9.97. The maximum absolute atomic E-state index is 6.35. The molecule has 63 heavy (non-hydrogen) atoms. The Morgan fingerprint density at radius 2 is 1.02 bits per heavy atom. The van der Waals surface area contributed by atoms with Crippen molar-refractivity contribution in [2.75, 3.05) is 0 Å². The molecule has 5 nitrogen and oxygen atoms in total. The van der Waals surface area contributed by atoms with Crippen LogP contribution in [0.15, 0.2) is 206 Å². The highest BCUT2D eigenvalue weighted by Crippen LogP contribution is 2.47. The molecule has 3 aromatic heterocycles. The first-order chi connectivity index (χ1) is 31.2. The van der Waals surface area contributed by atoms with E-state index in [4.69, 9.17) is 14.7 Å². The largest absolute Gasteiger partial charge is 0.456 e. The summed E-state index contributed by atoms with van der Waals surface area (Å²) in [6.45, 7) is 0. The molecule has 0 saturated carbocycles. The third-order valence-corrected chi connectivity index (χ3v) is 13.1. The van der Waals surface area contributed by atoms with Gasteiger partial charge in [-0.1, -0.05) is 140 Å². The number of rotatable bonds is 4. The van der Waals surface area contributed by atoms with Crippen LogP contribution < -0.4 is 4.74 Å². The fourth-order valence-electron chi connectivity index (χ4n) is 10.3. The van der Waals surface area contributed by atoms with E-state index >= 15 is 0 Å². The lowest BCUT2D eigenvalue weighted by molar-refractivity contribution is 0.486. The molecule has 0 bridgehead atoms. The first kappa shape index (κ1) is 34.2. The molecule has 0 amide bonds. The SMILES string of the molecule is c1ccc(-c2ccc(-n3c4ccccc4c4cc(-c5ccc6c(c5)c5c7ccccc7ccc5n6-c5nc6c7c(cccc7n5)Oc5ccccc5-6)ccc43)c3ccccc23)cc1. The molecule has 0 spiro atoms. The summed E-state index contributed by atoms with van der Waals surface area (Å²) in [5, 5.41) is 10.6. The molecule has 1 aliphatic heterocycles. The summed E-state index contributed by atoms with van der Waals surface area (Å²) in [5.74, 6) is 2.21. The highest BCUT2D eigenvalue weighted by atomic mass is 16.5. The fraction of sp³-hybridized carbons (Fsp3) is 0. The van der Waals surface area contributed by atoms with E-state index in [1.807, 2.05) is 30.3 Å². The summed E-state index contributed by atoms with van der Waals surface area (Å²) in [7, 11) is 0. The number of fused-ring (bicyclic) bond motifs is 11. The Morgan fingerprint density at radius 1 is 0.349 bits per heavy atom. The number of ether oxygens (including phenoxy) is 1. The molecule has 1 aliphatic rings. The van der Waals surface area contributed by atoms with Gasteiger partial charge in [0.05, 0.1) is 44.4 Å². The van der Waals surface area contributed by atoms with Gasteiger partial charge in [-0.25, -0.2) is 9.97 Å².